The Morgan fingerprint density at radius 3 is 2.58 bits per heavy atom. The molecule has 2 heteroatoms. The van der Waals surface area contributed by atoms with Crippen LogP contribution in [-0.2, 0) is 0 Å². The molecule has 0 saturated heterocycles. The minimum Gasteiger partial charge on any atom is -0.393 e. The van der Waals surface area contributed by atoms with Crippen molar-refractivity contribution in [3.05, 3.63) is 48.0 Å². The molecule has 2 N–H and O–H groups in total. The third-order valence-electron chi connectivity index (χ3n) is 3.54. The van der Waals surface area contributed by atoms with E-state index in [-0.39, 0.29) is 6.10 Å². The van der Waals surface area contributed by atoms with Crippen molar-refractivity contribution in [2.75, 3.05) is 6.54 Å². The van der Waals surface area contributed by atoms with E-state index >= 15 is 0 Å². The minimum absolute atomic E-state index is 0.199. The van der Waals surface area contributed by atoms with E-state index in [0.29, 0.717) is 6.04 Å². The Labute approximate surface area is 115 Å². The molecule has 2 nitrogen and oxygen atoms in total. The number of rotatable bonds is 6. The third kappa shape index (κ3) is 3.79. The molecular formula is C17H23NO. The fraction of sp³-hybridized carbons (Fsp3) is 0.412. The van der Waals surface area contributed by atoms with E-state index in [1.54, 1.807) is 0 Å². The van der Waals surface area contributed by atoms with Crippen LogP contribution in [0.25, 0.3) is 10.8 Å². The van der Waals surface area contributed by atoms with Gasteiger partial charge in [-0.15, -0.1) is 0 Å². The van der Waals surface area contributed by atoms with E-state index < -0.39 is 0 Å². The molecule has 0 aliphatic carbocycles. The molecule has 19 heavy (non-hydrogen) atoms. The second-order valence-electron chi connectivity index (χ2n) is 5.24. The first-order valence-electron chi connectivity index (χ1n) is 7.07. The van der Waals surface area contributed by atoms with Crippen LogP contribution in [0, 0.1) is 0 Å². The SMILES string of the molecule is CC(O)CCCNC(C)c1cccc2ccccc12. The highest BCUT2D eigenvalue weighted by atomic mass is 16.3. The Hall–Kier alpha value is -1.38. The number of fused-ring (bicyclic) bond motifs is 1. The summed E-state index contributed by atoms with van der Waals surface area (Å²) in [5.74, 6) is 0. The Bertz CT molecular complexity index is 516. The maximum atomic E-state index is 9.25. The number of benzene rings is 2. The Morgan fingerprint density at radius 1 is 1.05 bits per heavy atom. The molecule has 0 heterocycles. The normalized spacial score (nSPS) is 14.5. The van der Waals surface area contributed by atoms with Crippen molar-refractivity contribution in [2.45, 2.75) is 38.8 Å². The predicted molar refractivity (Wildman–Crippen MR) is 81.3 cm³/mol. The van der Waals surface area contributed by atoms with Crippen molar-refractivity contribution in [1.29, 1.82) is 0 Å². The van der Waals surface area contributed by atoms with E-state index in [1.165, 1.54) is 16.3 Å². The first-order valence-corrected chi connectivity index (χ1v) is 7.07. The summed E-state index contributed by atoms with van der Waals surface area (Å²) in [6.07, 6.45) is 1.66. The van der Waals surface area contributed by atoms with E-state index in [4.69, 9.17) is 0 Å². The van der Waals surface area contributed by atoms with Gasteiger partial charge in [-0.3, -0.25) is 0 Å². The number of aliphatic hydroxyl groups excluding tert-OH is 1. The smallest absolute Gasteiger partial charge is 0.0512 e. The Balaban J connectivity index is 2.03. The van der Waals surface area contributed by atoms with E-state index in [0.717, 1.165) is 19.4 Å². The zero-order valence-corrected chi connectivity index (χ0v) is 11.8. The summed E-state index contributed by atoms with van der Waals surface area (Å²) < 4.78 is 0. The molecule has 0 radical (unpaired) electrons. The number of hydrogen-bond acceptors (Lipinski definition) is 2. The molecule has 2 rings (SSSR count). The molecule has 0 aliphatic rings. The molecule has 2 aromatic rings. The molecular weight excluding hydrogens is 234 g/mol. The fourth-order valence-corrected chi connectivity index (χ4v) is 2.45. The van der Waals surface area contributed by atoms with Crippen molar-refractivity contribution in [2.24, 2.45) is 0 Å². The van der Waals surface area contributed by atoms with Gasteiger partial charge in [-0.05, 0) is 49.6 Å². The van der Waals surface area contributed by atoms with Gasteiger partial charge in [0.1, 0.15) is 0 Å². The molecule has 0 amide bonds. The van der Waals surface area contributed by atoms with Crippen molar-refractivity contribution in [1.82, 2.24) is 5.32 Å². The molecule has 0 aliphatic heterocycles. The molecule has 0 saturated carbocycles. The molecule has 2 unspecified atom stereocenters. The van der Waals surface area contributed by atoms with Gasteiger partial charge in [-0.1, -0.05) is 42.5 Å². The monoisotopic (exact) mass is 257 g/mol. The van der Waals surface area contributed by atoms with Crippen LogP contribution in [0.2, 0.25) is 0 Å². The maximum Gasteiger partial charge on any atom is 0.0512 e. The van der Waals surface area contributed by atoms with Gasteiger partial charge < -0.3 is 10.4 Å². The standard InChI is InChI=1S/C17H23NO/c1-13(19)7-6-12-18-14(2)16-11-5-9-15-8-3-4-10-17(15)16/h3-5,8-11,13-14,18-19H,6-7,12H2,1-2H3. The zero-order valence-electron chi connectivity index (χ0n) is 11.8. The molecule has 0 aromatic heterocycles. The summed E-state index contributed by atoms with van der Waals surface area (Å²) in [7, 11) is 0. The van der Waals surface area contributed by atoms with Crippen LogP contribution in [0.15, 0.2) is 42.5 Å². The van der Waals surface area contributed by atoms with Gasteiger partial charge in [0, 0.05) is 6.04 Å². The summed E-state index contributed by atoms with van der Waals surface area (Å²) in [4.78, 5) is 0. The first-order chi connectivity index (χ1) is 9.18. The fourth-order valence-electron chi connectivity index (χ4n) is 2.45. The Kier molecular flexibility index (Phi) is 4.94. The maximum absolute atomic E-state index is 9.25. The highest BCUT2D eigenvalue weighted by Crippen LogP contribution is 2.23. The van der Waals surface area contributed by atoms with Crippen LogP contribution in [0.5, 0.6) is 0 Å². The predicted octanol–water partition coefficient (Wildman–Crippen LogP) is 3.65. The Morgan fingerprint density at radius 2 is 1.79 bits per heavy atom. The van der Waals surface area contributed by atoms with E-state index in [9.17, 15) is 5.11 Å². The van der Waals surface area contributed by atoms with Gasteiger partial charge >= 0.3 is 0 Å². The molecule has 0 fully saturated rings. The highest BCUT2D eigenvalue weighted by Gasteiger charge is 2.08. The van der Waals surface area contributed by atoms with Crippen LogP contribution in [0.4, 0.5) is 0 Å². The highest BCUT2D eigenvalue weighted by molar-refractivity contribution is 5.86. The lowest BCUT2D eigenvalue weighted by Gasteiger charge is -2.17. The van der Waals surface area contributed by atoms with Crippen LogP contribution in [0.3, 0.4) is 0 Å². The summed E-state index contributed by atoms with van der Waals surface area (Å²) >= 11 is 0. The van der Waals surface area contributed by atoms with Gasteiger partial charge in [-0.25, -0.2) is 0 Å². The van der Waals surface area contributed by atoms with Crippen molar-refractivity contribution < 1.29 is 5.11 Å². The summed E-state index contributed by atoms with van der Waals surface area (Å²) in [5.41, 5.74) is 1.34. The van der Waals surface area contributed by atoms with Crippen LogP contribution in [-0.4, -0.2) is 17.8 Å². The zero-order chi connectivity index (χ0) is 13.7. The van der Waals surface area contributed by atoms with Crippen molar-refractivity contribution in [3.63, 3.8) is 0 Å². The van der Waals surface area contributed by atoms with Crippen LogP contribution in [0.1, 0.15) is 38.3 Å². The van der Waals surface area contributed by atoms with Crippen LogP contribution < -0.4 is 5.32 Å². The van der Waals surface area contributed by atoms with Crippen molar-refractivity contribution >= 4 is 10.8 Å². The minimum atomic E-state index is -0.199. The lowest BCUT2D eigenvalue weighted by atomic mass is 9.99. The van der Waals surface area contributed by atoms with E-state index in [2.05, 4.69) is 54.7 Å². The van der Waals surface area contributed by atoms with Gasteiger partial charge in [0.15, 0.2) is 0 Å². The molecule has 0 bridgehead atoms. The van der Waals surface area contributed by atoms with Gasteiger partial charge in [0.25, 0.3) is 0 Å². The summed E-state index contributed by atoms with van der Waals surface area (Å²) in [6, 6.07) is 15.3. The lowest BCUT2D eigenvalue weighted by molar-refractivity contribution is 0.181. The second kappa shape index (κ2) is 6.69. The molecule has 0 spiro atoms. The summed E-state index contributed by atoms with van der Waals surface area (Å²) in [6.45, 7) is 4.98. The lowest BCUT2D eigenvalue weighted by Crippen LogP contribution is -2.21. The first kappa shape index (κ1) is 14.0. The largest absolute Gasteiger partial charge is 0.393 e. The molecule has 2 atom stereocenters. The number of aliphatic hydroxyl groups is 1. The molecule has 102 valence electrons. The van der Waals surface area contributed by atoms with Gasteiger partial charge in [0.05, 0.1) is 6.10 Å². The molecule has 2 aromatic carbocycles. The quantitative estimate of drug-likeness (QED) is 0.774. The number of nitrogens with one attached hydrogen (secondary N) is 1. The van der Waals surface area contributed by atoms with Gasteiger partial charge in [-0.2, -0.15) is 0 Å². The summed E-state index contributed by atoms with van der Waals surface area (Å²) in [5, 5.41) is 15.4. The second-order valence-corrected chi connectivity index (χ2v) is 5.24. The number of hydrogen-bond donors (Lipinski definition) is 2. The van der Waals surface area contributed by atoms with E-state index in [1.807, 2.05) is 6.92 Å². The average Bonchev–Trinajstić information content (AvgIpc) is 2.42. The average molecular weight is 257 g/mol. The topological polar surface area (TPSA) is 32.3 Å². The van der Waals surface area contributed by atoms with Gasteiger partial charge in [0.2, 0.25) is 0 Å². The van der Waals surface area contributed by atoms with Crippen molar-refractivity contribution in [3.8, 4) is 0 Å². The third-order valence-corrected chi connectivity index (χ3v) is 3.54. The van der Waals surface area contributed by atoms with Crippen LogP contribution >= 0.6 is 0 Å².